The highest BCUT2D eigenvalue weighted by Crippen LogP contribution is 2.29. The maximum absolute atomic E-state index is 13.0. The highest BCUT2D eigenvalue weighted by molar-refractivity contribution is 5.97. The number of aromatic nitrogens is 2. The SMILES string of the molecule is Cn1ccc(-c2cc(Oc3ccc(O)c(C(=O)NCCc4ccc(F)cc4)c3)ccn2)c1. The zero-order valence-electron chi connectivity index (χ0n) is 17.5. The Labute approximate surface area is 184 Å². The van der Waals surface area contributed by atoms with Crippen LogP contribution in [-0.4, -0.2) is 27.1 Å². The Morgan fingerprint density at radius 1 is 1.09 bits per heavy atom. The Kier molecular flexibility index (Phi) is 6.17. The number of aryl methyl sites for hydroxylation is 1. The smallest absolute Gasteiger partial charge is 0.255 e. The molecule has 0 saturated carbocycles. The lowest BCUT2D eigenvalue weighted by molar-refractivity contribution is 0.0951. The zero-order chi connectivity index (χ0) is 22.5. The summed E-state index contributed by atoms with van der Waals surface area (Å²) in [5.74, 6) is 0.111. The van der Waals surface area contributed by atoms with Crippen molar-refractivity contribution in [3.63, 3.8) is 0 Å². The number of phenols is 1. The molecule has 6 nitrogen and oxygen atoms in total. The number of hydrogen-bond donors (Lipinski definition) is 2. The van der Waals surface area contributed by atoms with Crippen molar-refractivity contribution in [2.45, 2.75) is 6.42 Å². The van der Waals surface area contributed by atoms with Crippen molar-refractivity contribution >= 4 is 5.91 Å². The molecule has 1 amide bonds. The molecule has 0 radical (unpaired) electrons. The number of aromatic hydroxyl groups is 1. The fourth-order valence-electron chi connectivity index (χ4n) is 3.25. The fraction of sp³-hybridized carbons (Fsp3) is 0.120. The number of nitrogens with one attached hydrogen (secondary N) is 1. The van der Waals surface area contributed by atoms with Gasteiger partial charge in [0, 0.05) is 43.8 Å². The average Bonchev–Trinajstić information content (AvgIpc) is 3.23. The maximum Gasteiger partial charge on any atom is 0.255 e. The van der Waals surface area contributed by atoms with Crippen LogP contribution in [0.1, 0.15) is 15.9 Å². The number of rotatable bonds is 7. The van der Waals surface area contributed by atoms with Gasteiger partial charge in [-0.2, -0.15) is 0 Å². The highest BCUT2D eigenvalue weighted by Gasteiger charge is 2.13. The molecule has 0 fully saturated rings. The average molecular weight is 431 g/mol. The summed E-state index contributed by atoms with van der Waals surface area (Å²) < 4.78 is 20.8. The normalized spacial score (nSPS) is 10.7. The lowest BCUT2D eigenvalue weighted by atomic mass is 10.1. The third-order valence-corrected chi connectivity index (χ3v) is 4.92. The van der Waals surface area contributed by atoms with Crippen molar-refractivity contribution < 1.29 is 19.0 Å². The van der Waals surface area contributed by atoms with Crippen molar-refractivity contribution in [1.82, 2.24) is 14.9 Å². The Balaban J connectivity index is 1.43. The number of pyridine rings is 1. The second kappa shape index (κ2) is 9.34. The predicted octanol–water partition coefficient (Wildman–Crippen LogP) is 4.70. The number of benzene rings is 2. The van der Waals surface area contributed by atoms with E-state index in [1.54, 1.807) is 30.5 Å². The first kappa shape index (κ1) is 21.1. The van der Waals surface area contributed by atoms with E-state index in [9.17, 15) is 14.3 Å². The molecule has 0 atom stereocenters. The molecule has 162 valence electrons. The van der Waals surface area contributed by atoms with Crippen molar-refractivity contribution in [3.05, 3.63) is 96.2 Å². The van der Waals surface area contributed by atoms with Gasteiger partial charge >= 0.3 is 0 Å². The van der Waals surface area contributed by atoms with E-state index in [-0.39, 0.29) is 17.1 Å². The molecule has 0 aliphatic carbocycles. The molecule has 0 unspecified atom stereocenters. The Bertz CT molecular complexity index is 1240. The third kappa shape index (κ3) is 5.13. The molecular formula is C25H22FN3O3. The maximum atomic E-state index is 13.0. The van der Waals surface area contributed by atoms with Gasteiger partial charge < -0.3 is 19.7 Å². The van der Waals surface area contributed by atoms with Crippen LogP contribution < -0.4 is 10.1 Å². The van der Waals surface area contributed by atoms with Crippen molar-refractivity contribution in [2.75, 3.05) is 6.54 Å². The highest BCUT2D eigenvalue weighted by atomic mass is 19.1. The second-order valence-electron chi connectivity index (χ2n) is 7.36. The molecule has 32 heavy (non-hydrogen) atoms. The summed E-state index contributed by atoms with van der Waals surface area (Å²) in [6.45, 7) is 0.347. The van der Waals surface area contributed by atoms with Crippen LogP contribution in [0.5, 0.6) is 17.2 Å². The number of carbonyl (C=O) groups is 1. The van der Waals surface area contributed by atoms with E-state index in [2.05, 4.69) is 10.3 Å². The zero-order valence-corrected chi connectivity index (χ0v) is 17.5. The number of phenolic OH excluding ortho intramolecular Hbond substituents is 1. The molecule has 2 N–H and O–H groups in total. The van der Waals surface area contributed by atoms with E-state index >= 15 is 0 Å². The van der Waals surface area contributed by atoms with Gasteiger partial charge in [-0.25, -0.2) is 4.39 Å². The van der Waals surface area contributed by atoms with Gasteiger partial charge in [-0.3, -0.25) is 9.78 Å². The van der Waals surface area contributed by atoms with Gasteiger partial charge in [0.1, 0.15) is 23.1 Å². The quantitative estimate of drug-likeness (QED) is 0.445. The molecule has 4 rings (SSSR count). The van der Waals surface area contributed by atoms with E-state index in [1.807, 2.05) is 36.1 Å². The first-order chi connectivity index (χ1) is 15.5. The molecule has 2 heterocycles. The summed E-state index contributed by atoms with van der Waals surface area (Å²) in [5, 5.41) is 12.9. The van der Waals surface area contributed by atoms with Crippen LogP contribution >= 0.6 is 0 Å². The summed E-state index contributed by atoms with van der Waals surface area (Å²) in [7, 11) is 1.94. The van der Waals surface area contributed by atoms with Gasteiger partial charge in [0.25, 0.3) is 5.91 Å². The first-order valence-electron chi connectivity index (χ1n) is 10.1. The van der Waals surface area contributed by atoms with E-state index in [0.717, 1.165) is 16.8 Å². The Hall–Kier alpha value is -4.13. The van der Waals surface area contributed by atoms with Crippen LogP contribution in [0, 0.1) is 5.82 Å². The van der Waals surface area contributed by atoms with Crippen molar-refractivity contribution in [2.24, 2.45) is 7.05 Å². The molecule has 0 saturated heterocycles. The Morgan fingerprint density at radius 2 is 1.88 bits per heavy atom. The van der Waals surface area contributed by atoms with Crippen LogP contribution in [0.2, 0.25) is 0 Å². The molecule has 4 aromatic rings. The number of nitrogens with zero attached hydrogens (tertiary/aromatic N) is 2. The summed E-state index contributed by atoms with van der Waals surface area (Å²) in [6.07, 6.45) is 6.09. The van der Waals surface area contributed by atoms with E-state index in [4.69, 9.17) is 4.74 Å². The number of halogens is 1. The minimum Gasteiger partial charge on any atom is -0.507 e. The van der Waals surface area contributed by atoms with Crippen LogP contribution in [0.4, 0.5) is 4.39 Å². The number of hydrogen-bond acceptors (Lipinski definition) is 4. The monoisotopic (exact) mass is 431 g/mol. The van der Waals surface area contributed by atoms with Gasteiger partial charge in [0.05, 0.1) is 11.3 Å². The Morgan fingerprint density at radius 3 is 2.62 bits per heavy atom. The van der Waals surface area contributed by atoms with Gasteiger partial charge in [-0.15, -0.1) is 0 Å². The van der Waals surface area contributed by atoms with Gasteiger partial charge in [-0.05, 0) is 54.4 Å². The summed E-state index contributed by atoms with van der Waals surface area (Å²) in [5.41, 5.74) is 2.74. The van der Waals surface area contributed by atoms with Crippen molar-refractivity contribution in [1.29, 1.82) is 0 Å². The molecular weight excluding hydrogens is 409 g/mol. The lowest BCUT2D eigenvalue weighted by Crippen LogP contribution is -2.25. The summed E-state index contributed by atoms with van der Waals surface area (Å²) in [6, 6.07) is 16.1. The number of ether oxygens (including phenoxy) is 1. The van der Waals surface area contributed by atoms with Crippen LogP contribution in [-0.2, 0) is 13.5 Å². The molecule has 0 aliphatic rings. The second-order valence-corrected chi connectivity index (χ2v) is 7.36. The largest absolute Gasteiger partial charge is 0.507 e. The van der Waals surface area contributed by atoms with Crippen LogP contribution in [0.3, 0.4) is 0 Å². The minimum atomic E-state index is -0.422. The molecule has 2 aromatic heterocycles. The fourth-order valence-corrected chi connectivity index (χ4v) is 3.25. The van der Waals surface area contributed by atoms with Gasteiger partial charge in [0.15, 0.2) is 0 Å². The topological polar surface area (TPSA) is 76.4 Å². The van der Waals surface area contributed by atoms with Crippen LogP contribution in [0.15, 0.2) is 79.3 Å². The molecule has 7 heteroatoms. The minimum absolute atomic E-state index is 0.110. The molecule has 0 bridgehead atoms. The van der Waals surface area contributed by atoms with E-state index in [0.29, 0.717) is 24.5 Å². The van der Waals surface area contributed by atoms with E-state index < -0.39 is 5.91 Å². The predicted molar refractivity (Wildman–Crippen MR) is 119 cm³/mol. The summed E-state index contributed by atoms with van der Waals surface area (Å²) in [4.78, 5) is 16.9. The van der Waals surface area contributed by atoms with E-state index in [1.165, 1.54) is 24.3 Å². The van der Waals surface area contributed by atoms with Crippen LogP contribution in [0.25, 0.3) is 11.3 Å². The van der Waals surface area contributed by atoms with Gasteiger partial charge in [-0.1, -0.05) is 12.1 Å². The number of carbonyl (C=O) groups excluding carboxylic acids is 1. The lowest BCUT2D eigenvalue weighted by Gasteiger charge is -2.11. The molecule has 0 aliphatic heterocycles. The number of amides is 1. The summed E-state index contributed by atoms with van der Waals surface area (Å²) >= 11 is 0. The molecule has 0 spiro atoms. The molecule has 2 aromatic carbocycles. The van der Waals surface area contributed by atoms with Crippen molar-refractivity contribution in [3.8, 4) is 28.5 Å². The first-order valence-corrected chi connectivity index (χ1v) is 10.1. The van der Waals surface area contributed by atoms with Gasteiger partial charge in [0.2, 0.25) is 0 Å². The standard InChI is InChI=1S/C25H22FN3O3/c1-29-13-10-18(16-29)23-15-21(9-12-27-23)32-20-6-7-24(30)22(14-20)25(31)28-11-8-17-2-4-19(26)5-3-17/h2-7,9-10,12-16,30H,8,11H2,1H3,(H,28,31). The third-order valence-electron chi connectivity index (χ3n) is 4.92.